The first-order valence-corrected chi connectivity index (χ1v) is 8.57. The Morgan fingerprint density at radius 3 is 2.65 bits per heavy atom. The lowest BCUT2D eigenvalue weighted by atomic mass is 9.89. The summed E-state index contributed by atoms with van der Waals surface area (Å²) in [6.45, 7) is 4.19. The van der Waals surface area contributed by atoms with Gasteiger partial charge in [0.2, 0.25) is 0 Å². The summed E-state index contributed by atoms with van der Waals surface area (Å²) < 4.78 is 0. The zero-order valence-electron chi connectivity index (χ0n) is 13.7. The number of hydrogen-bond acceptors (Lipinski definition) is 2. The molecule has 0 unspecified atom stereocenters. The van der Waals surface area contributed by atoms with Crippen LogP contribution in [0.15, 0.2) is 42.7 Å². The number of nitrogens with one attached hydrogen (secondary N) is 2. The van der Waals surface area contributed by atoms with Crippen molar-refractivity contribution in [3.63, 3.8) is 0 Å². The van der Waals surface area contributed by atoms with Crippen molar-refractivity contribution in [3.05, 3.63) is 59.4 Å². The van der Waals surface area contributed by atoms with Gasteiger partial charge in [-0.15, -0.1) is 0 Å². The van der Waals surface area contributed by atoms with E-state index in [1.54, 1.807) is 0 Å². The molecule has 0 spiro atoms. The first-order chi connectivity index (χ1) is 11.1. The van der Waals surface area contributed by atoms with E-state index in [1.165, 1.54) is 29.5 Å². The molecule has 1 heterocycles. The minimum Gasteiger partial charge on any atom is -0.353 e. The largest absolute Gasteiger partial charge is 0.353 e. The summed E-state index contributed by atoms with van der Waals surface area (Å²) >= 11 is 5.60. The standard InChI is InChI=1S/C19H23N3S/c1-14-7-8-15(2)17(12-14)21-18(23)22-19(9-3-4-10-19)16-6-5-11-20-13-16/h5-8,11-13H,3-4,9-10H2,1-2H3,(H2,21,22,23). The Bertz CT molecular complexity index is 691. The molecule has 23 heavy (non-hydrogen) atoms. The van der Waals surface area contributed by atoms with Crippen molar-refractivity contribution in [1.29, 1.82) is 0 Å². The second-order valence-corrected chi connectivity index (χ2v) is 6.84. The monoisotopic (exact) mass is 325 g/mol. The van der Waals surface area contributed by atoms with E-state index in [9.17, 15) is 0 Å². The minimum absolute atomic E-state index is 0.0872. The quantitative estimate of drug-likeness (QED) is 0.817. The molecule has 0 radical (unpaired) electrons. The number of nitrogens with zero attached hydrogens (tertiary/aromatic N) is 1. The molecule has 2 aromatic rings. The Balaban J connectivity index is 1.78. The highest BCUT2D eigenvalue weighted by atomic mass is 32.1. The van der Waals surface area contributed by atoms with Crippen molar-refractivity contribution in [2.24, 2.45) is 0 Å². The summed E-state index contributed by atoms with van der Waals surface area (Å²) in [5.74, 6) is 0. The van der Waals surface area contributed by atoms with Crippen molar-refractivity contribution in [3.8, 4) is 0 Å². The fourth-order valence-electron chi connectivity index (χ4n) is 3.35. The Morgan fingerprint density at radius 1 is 1.17 bits per heavy atom. The van der Waals surface area contributed by atoms with Gasteiger partial charge in [0, 0.05) is 18.1 Å². The van der Waals surface area contributed by atoms with Gasteiger partial charge in [-0.3, -0.25) is 4.98 Å². The van der Waals surface area contributed by atoms with E-state index in [0.29, 0.717) is 5.11 Å². The summed E-state index contributed by atoms with van der Waals surface area (Å²) in [5.41, 5.74) is 4.63. The zero-order valence-corrected chi connectivity index (χ0v) is 14.5. The molecule has 120 valence electrons. The van der Waals surface area contributed by atoms with Crippen LogP contribution in [0.5, 0.6) is 0 Å². The third-order valence-electron chi connectivity index (χ3n) is 4.67. The molecule has 2 N–H and O–H groups in total. The first kappa shape index (κ1) is 15.9. The maximum atomic E-state index is 5.60. The molecule has 0 saturated heterocycles. The van der Waals surface area contributed by atoms with Crippen LogP contribution in [0.25, 0.3) is 0 Å². The SMILES string of the molecule is Cc1ccc(C)c(NC(=S)NC2(c3cccnc3)CCCC2)c1. The van der Waals surface area contributed by atoms with Gasteiger partial charge in [0.15, 0.2) is 5.11 Å². The fourth-order valence-corrected chi connectivity index (χ4v) is 3.66. The van der Waals surface area contributed by atoms with Crippen LogP contribution in [-0.2, 0) is 5.54 Å². The highest BCUT2D eigenvalue weighted by Crippen LogP contribution is 2.38. The Morgan fingerprint density at radius 2 is 1.96 bits per heavy atom. The third-order valence-corrected chi connectivity index (χ3v) is 4.87. The van der Waals surface area contributed by atoms with Crippen molar-refractivity contribution >= 4 is 23.0 Å². The number of anilines is 1. The fraction of sp³-hybridized carbons (Fsp3) is 0.368. The molecular formula is C19H23N3S. The molecule has 0 amide bonds. The number of thiocarbonyl (C=S) groups is 1. The molecule has 1 aliphatic carbocycles. The molecule has 1 saturated carbocycles. The highest BCUT2D eigenvalue weighted by Gasteiger charge is 2.36. The van der Waals surface area contributed by atoms with Crippen LogP contribution in [0.1, 0.15) is 42.4 Å². The molecule has 3 nitrogen and oxygen atoms in total. The average molecular weight is 325 g/mol. The normalized spacial score (nSPS) is 16.1. The maximum absolute atomic E-state index is 5.60. The molecule has 1 aromatic heterocycles. The lowest BCUT2D eigenvalue weighted by molar-refractivity contribution is 0.407. The van der Waals surface area contributed by atoms with Gasteiger partial charge in [0.25, 0.3) is 0 Å². The zero-order chi connectivity index (χ0) is 16.3. The van der Waals surface area contributed by atoms with Crippen molar-refractivity contribution < 1.29 is 0 Å². The highest BCUT2D eigenvalue weighted by molar-refractivity contribution is 7.80. The van der Waals surface area contributed by atoms with Gasteiger partial charge >= 0.3 is 0 Å². The van der Waals surface area contributed by atoms with Crippen LogP contribution in [0.4, 0.5) is 5.69 Å². The second kappa shape index (κ2) is 6.67. The molecule has 0 bridgehead atoms. The topological polar surface area (TPSA) is 37.0 Å². The van der Waals surface area contributed by atoms with Crippen LogP contribution < -0.4 is 10.6 Å². The van der Waals surface area contributed by atoms with E-state index in [1.807, 2.05) is 18.5 Å². The summed E-state index contributed by atoms with van der Waals surface area (Å²) in [6, 6.07) is 10.5. The number of aryl methyl sites for hydroxylation is 2. The van der Waals surface area contributed by atoms with Crippen LogP contribution >= 0.6 is 12.2 Å². The van der Waals surface area contributed by atoms with E-state index in [2.05, 4.69) is 53.7 Å². The molecular weight excluding hydrogens is 302 g/mol. The molecule has 0 atom stereocenters. The lowest BCUT2D eigenvalue weighted by Gasteiger charge is -2.32. The van der Waals surface area contributed by atoms with Gasteiger partial charge in [-0.05, 0) is 67.7 Å². The van der Waals surface area contributed by atoms with Gasteiger partial charge < -0.3 is 10.6 Å². The third kappa shape index (κ3) is 3.53. The number of pyridine rings is 1. The van der Waals surface area contributed by atoms with E-state index >= 15 is 0 Å². The summed E-state index contributed by atoms with van der Waals surface area (Å²) in [6.07, 6.45) is 8.39. The summed E-state index contributed by atoms with van der Waals surface area (Å²) in [4.78, 5) is 4.29. The smallest absolute Gasteiger partial charge is 0.171 e. The maximum Gasteiger partial charge on any atom is 0.171 e. The van der Waals surface area contributed by atoms with Gasteiger partial charge in [-0.25, -0.2) is 0 Å². The molecule has 1 aliphatic rings. The van der Waals surface area contributed by atoms with E-state index in [0.717, 1.165) is 18.5 Å². The minimum atomic E-state index is -0.0872. The van der Waals surface area contributed by atoms with Gasteiger partial charge in [0.1, 0.15) is 0 Å². The molecule has 1 aromatic carbocycles. The Kier molecular flexibility index (Phi) is 4.62. The van der Waals surface area contributed by atoms with Gasteiger partial charge in [-0.2, -0.15) is 0 Å². The van der Waals surface area contributed by atoms with Crippen molar-refractivity contribution in [1.82, 2.24) is 10.3 Å². The summed E-state index contributed by atoms with van der Waals surface area (Å²) in [5, 5.41) is 7.64. The number of benzene rings is 1. The van der Waals surface area contributed by atoms with E-state index in [4.69, 9.17) is 12.2 Å². The predicted octanol–water partition coefficient (Wildman–Crippen LogP) is 4.45. The van der Waals surface area contributed by atoms with Crippen LogP contribution in [-0.4, -0.2) is 10.1 Å². The van der Waals surface area contributed by atoms with Crippen molar-refractivity contribution in [2.75, 3.05) is 5.32 Å². The van der Waals surface area contributed by atoms with Gasteiger partial charge in [0.05, 0.1) is 5.54 Å². The summed E-state index contributed by atoms with van der Waals surface area (Å²) in [7, 11) is 0. The molecule has 4 heteroatoms. The number of rotatable bonds is 3. The predicted molar refractivity (Wildman–Crippen MR) is 99.7 cm³/mol. The molecule has 1 fully saturated rings. The Hall–Kier alpha value is -1.94. The first-order valence-electron chi connectivity index (χ1n) is 8.16. The average Bonchev–Trinajstić information content (AvgIpc) is 3.01. The van der Waals surface area contributed by atoms with Crippen LogP contribution in [0, 0.1) is 13.8 Å². The lowest BCUT2D eigenvalue weighted by Crippen LogP contribution is -2.45. The number of aromatic nitrogens is 1. The van der Waals surface area contributed by atoms with Gasteiger partial charge in [-0.1, -0.05) is 31.0 Å². The molecule has 3 rings (SSSR count). The van der Waals surface area contributed by atoms with E-state index in [-0.39, 0.29) is 5.54 Å². The van der Waals surface area contributed by atoms with Crippen LogP contribution in [0.3, 0.4) is 0 Å². The molecule has 0 aliphatic heterocycles. The number of hydrogen-bond donors (Lipinski definition) is 2. The Labute approximate surface area is 143 Å². The van der Waals surface area contributed by atoms with Crippen LogP contribution in [0.2, 0.25) is 0 Å². The van der Waals surface area contributed by atoms with Crippen molar-refractivity contribution in [2.45, 2.75) is 45.1 Å². The second-order valence-electron chi connectivity index (χ2n) is 6.43. The van der Waals surface area contributed by atoms with E-state index < -0.39 is 0 Å².